The summed E-state index contributed by atoms with van der Waals surface area (Å²) in [5.41, 5.74) is 1.16. The van der Waals surface area contributed by atoms with Gasteiger partial charge in [0.25, 0.3) is 0 Å². The van der Waals surface area contributed by atoms with Gasteiger partial charge in [-0.3, -0.25) is 0 Å². The number of hydrogen-bond donors (Lipinski definition) is 0. The molecule has 1 aromatic carbocycles. The van der Waals surface area contributed by atoms with Crippen molar-refractivity contribution in [3.05, 3.63) is 35.9 Å². The Balaban J connectivity index is 1.96. The standard InChI is InChI=1S/C16H24O3/c1-2-3-4-5-9-13-18-16(17)19-14-12-15-10-7-6-8-11-15/h6-8,10-11H,2-5,9,12-14H2,1H3. The second-order valence-corrected chi connectivity index (χ2v) is 4.60. The molecule has 0 N–H and O–H groups in total. The van der Waals surface area contributed by atoms with Gasteiger partial charge in [-0.05, 0) is 12.0 Å². The fraction of sp³-hybridized carbons (Fsp3) is 0.562. The average Bonchev–Trinajstić information content (AvgIpc) is 2.44. The minimum Gasteiger partial charge on any atom is -0.434 e. The lowest BCUT2D eigenvalue weighted by Crippen LogP contribution is -2.10. The highest BCUT2D eigenvalue weighted by Gasteiger charge is 2.03. The van der Waals surface area contributed by atoms with Crippen LogP contribution >= 0.6 is 0 Å². The van der Waals surface area contributed by atoms with Gasteiger partial charge in [-0.1, -0.05) is 62.9 Å². The molecule has 0 heterocycles. The zero-order valence-electron chi connectivity index (χ0n) is 11.8. The number of carbonyl (C=O) groups excluding carboxylic acids is 1. The zero-order chi connectivity index (χ0) is 13.8. The van der Waals surface area contributed by atoms with Gasteiger partial charge in [-0.25, -0.2) is 4.79 Å². The molecule has 19 heavy (non-hydrogen) atoms. The van der Waals surface area contributed by atoms with Gasteiger partial charge in [0.15, 0.2) is 0 Å². The zero-order valence-corrected chi connectivity index (χ0v) is 11.8. The summed E-state index contributed by atoms with van der Waals surface area (Å²) in [6, 6.07) is 9.95. The van der Waals surface area contributed by atoms with E-state index in [0.29, 0.717) is 13.2 Å². The van der Waals surface area contributed by atoms with Crippen LogP contribution in [0.5, 0.6) is 0 Å². The van der Waals surface area contributed by atoms with Crippen molar-refractivity contribution in [3.63, 3.8) is 0 Å². The van der Waals surface area contributed by atoms with Crippen LogP contribution in [0.2, 0.25) is 0 Å². The second kappa shape index (κ2) is 10.4. The molecule has 1 rings (SSSR count). The fourth-order valence-electron chi connectivity index (χ4n) is 1.80. The Labute approximate surface area is 115 Å². The maximum absolute atomic E-state index is 11.3. The molecule has 0 aliphatic rings. The molecule has 0 aromatic heterocycles. The molecule has 0 fully saturated rings. The van der Waals surface area contributed by atoms with Crippen molar-refractivity contribution in [2.45, 2.75) is 45.4 Å². The maximum Gasteiger partial charge on any atom is 0.508 e. The molecular weight excluding hydrogens is 240 g/mol. The number of carbonyl (C=O) groups is 1. The lowest BCUT2D eigenvalue weighted by Gasteiger charge is -2.06. The predicted octanol–water partition coefficient (Wildman–Crippen LogP) is 4.35. The Morgan fingerprint density at radius 3 is 2.37 bits per heavy atom. The third kappa shape index (κ3) is 8.25. The van der Waals surface area contributed by atoms with Crippen LogP contribution < -0.4 is 0 Å². The summed E-state index contributed by atoms with van der Waals surface area (Å²) in [6.45, 7) is 3.02. The molecular formula is C16H24O3. The van der Waals surface area contributed by atoms with Crippen LogP contribution in [-0.4, -0.2) is 19.4 Å². The summed E-state index contributed by atoms with van der Waals surface area (Å²) >= 11 is 0. The van der Waals surface area contributed by atoms with Crippen molar-refractivity contribution in [1.82, 2.24) is 0 Å². The van der Waals surface area contributed by atoms with Crippen LogP contribution in [0, 0.1) is 0 Å². The topological polar surface area (TPSA) is 35.5 Å². The van der Waals surface area contributed by atoms with E-state index in [4.69, 9.17) is 9.47 Å². The molecule has 0 aliphatic carbocycles. The Bertz CT molecular complexity index is 335. The Hall–Kier alpha value is -1.51. The van der Waals surface area contributed by atoms with E-state index in [1.807, 2.05) is 30.3 Å². The molecule has 0 saturated carbocycles. The predicted molar refractivity (Wildman–Crippen MR) is 76.2 cm³/mol. The fourth-order valence-corrected chi connectivity index (χ4v) is 1.80. The Kier molecular flexibility index (Phi) is 8.52. The van der Waals surface area contributed by atoms with Gasteiger partial charge in [0.05, 0.1) is 13.2 Å². The van der Waals surface area contributed by atoms with E-state index in [2.05, 4.69) is 6.92 Å². The Morgan fingerprint density at radius 1 is 0.947 bits per heavy atom. The van der Waals surface area contributed by atoms with Gasteiger partial charge in [0, 0.05) is 6.42 Å². The second-order valence-electron chi connectivity index (χ2n) is 4.60. The normalized spacial score (nSPS) is 10.2. The van der Waals surface area contributed by atoms with Crippen molar-refractivity contribution >= 4 is 6.16 Å². The lowest BCUT2D eigenvalue weighted by atomic mass is 10.2. The first-order valence-corrected chi connectivity index (χ1v) is 7.16. The minimum absolute atomic E-state index is 0.374. The molecule has 0 bridgehead atoms. The van der Waals surface area contributed by atoms with Gasteiger partial charge >= 0.3 is 6.16 Å². The summed E-state index contributed by atoms with van der Waals surface area (Å²) in [4.78, 5) is 11.3. The smallest absolute Gasteiger partial charge is 0.434 e. The molecule has 0 spiro atoms. The molecule has 0 atom stereocenters. The molecule has 3 nitrogen and oxygen atoms in total. The first-order valence-electron chi connectivity index (χ1n) is 7.16. The lowest BCUT2D eigenvalue weighted by molar-refractivity contribution is 0.0549. The van der Waals surface area contributed by atoms with E-state index >= 15 is 0 Å². The number of rotatable bonds is 9. The quantitative estimate of drug-likeness (QED) is 0.491. The number of unbranched alkanes of at least 4 members (excludes halogenated alkanes) is 4. The van der Waals surface area contributed by atoms with Crippen LogP contribution in [0.4, 0.5) is 4.79 Å². The van der Waals surface area contributed by atoms with E-state index in [9.17, 15) is 4.79 Å². The third-order valence-electron chi connectivity index (χ3n) is 2.92. The van der Waals surface area contributed by atoms with Crippen LogP contribution in [0.3, 0.4) is 0 Å². The molecule has 0 amide bonds. The number of benzene rings is 1. The largest absolute Gasteiger partial charge is 0.508 e. The van der Waals surface area contributed by atoms with Crippen LogP contribution in [0.15, 0.2) is 30.3 Å². The first kappa shape index (κ1) is 15.5. The van der Waals surface area contributed by atoms with E-state index in [-0.39, 0.29) is 0 Å². The van der Waals surface area contributed by atoms with Gasteiger partial charge in [-0.2, -0.15) is 0 Å². The Morgan fingerprint density at radius 2 is 1.63 bits per heavy atom. The molecule has 0 radical (unpaired) electrons. The van der Waals surface area contributed by atoms with Gasteiger partial charge in [-0.15, -0.1) is 0 Å². The van der Waals surface area contributed by atoms with Crippen LogP contribution in [0.1, 0.15) is 44.6 Å². The van der Waals surface area contributed by atoms with Crippen molar-refractivity contribution in [2.24, 2.45) is 0 Å². The highest BCUT2D eigenvalue weighted by molar-refractivity contribution is 5.59. The third-order valence-corrected chi connectivity index (χ3v) is 2.92. The van der Waals surface area contributed by atoms with E-state index < -0.39 is 6.16 Å². The molecule has 106 valence electrons. The highest BCUT2D eigenvalue weighted by atomic mass is 16.7. The van der Waals surface area contributed by atoms with Crippen molar-refractivity contribution in [2.75, 3.05) is 13.2 Å². The van der Waals surface area contributed by atoms with E-state index in [1.54, 1.807) is 0 Å². The molecule has 0 aliphatic heterocycles. The van der Waals surface area contributed by atoms with Gasteiger partial charge in [0.2, 0.25) is 0 Å². The van der Waals surface area contributed by atoms with Crippen molar-refractivity contribution < 1.29 is 14.3 Å². The van der Waals surface area contributed by atoms with Gasteiger partial charge in [0.1, 0.15) is 0 Å². The minimum atomic E-state index is -0.550. The van der Waals surface area contributed by atoms with E-state index in [0.717, 1.165) is 24.8 Å². The van der Waals surface area contributed by atoms with E-state index in [1.165, 1.54) is 19.3 Å². The van der Waals surface area contributed by atoms with Crippen LogP contribution in [0.25, 0.3) is 0 Å². The van der Waals surface area contributed by atoms with Crippen molar-refractivity contribution in [3.8, 4) is 0 Å². The summed E-state index contributed by atoms with van der Waals surface area (Å²) in [5.74, 6) is 0. The molecule has 1 aromatic rings. The summed E-state index contributed by atoms with van der Waals surface area (Å²) in [6.07, 6.45) is 5.91. The van der Waals surface area contributed by atoms with Gasteiger partial charge < -0.3 is 9.47 Å². The average molecular weight is 264 g/mol. The SMILES string of the molecule is CCCCCCCOC(=O)OCCc1ccccc1. The molecule has 0 saturated heterocycles. The molecule has 0 unspecified atom stereocenters. The summed E-state index contributed by atoms with van der Waals surface area (Å²) in [5, 5.41) is 0. The molecule has 3 heteroatoms. The maximum atomic E-state index is 11.3. The summed E-state index contributed by atoms with van der Waals surface area (Å²) in [7, 11) is 0. The summed E-state index contributed by atoms with van der Waals surface area (Å²) < 4.78 is 10.0. The first-order chi connectivity index (χ1) is 9.33. The highest BCUT2D eigenvalue weighted by Crippen LogP contribution is 2.03. The number of ether oxygens (including phenoxy) is 2. The number of hydrogen-bond acceptors (Lipinski definition) is 3. The monoisotopic (exact) mass is 264 g/mol. The van der Waals surface area contributed by atoms with Crippen molar-refractivity contribution in [1.29, 1.82) is 0 Å². The van der Waals surface area contributed by atoms with Crippen LogP contribution in [-0.2, 0) is 15.9 Å².